The molecule has 8 nitrogen and oxygen atoms in total. The number of nitrogens with zero attached hydrogens (tertiary/aromatic N) is 2. The minimum atomic E-state index is -1.12. The lowest BCUT2D eigenvalue weighted by molar-refractivity contribution is -0.137. The molecule has 0 spiro atoms. The number of ether oxygens (including phenoxy) is 1. The molecule has 0 aromatic heterocycles. The van der Waals surface area contributed by atoms with Crippen LogP contribution in [0.4, 0.5) is 0 Å². The molecule has 9 heteroatoms. The molecule has 41 heavy (non-hydrogen) atoms. The van der Waals surface area contributed by atoms with Crippen molar-refractivity contribution in [2.45, 2.75) is 31.1 Å². The second kappa shape index (κ2) is 12.6. The lowest BCUT2D eigenvalue weighted by atomic mass is 9.85. The van der Waals surface area contributed by atoms with E-state index in [0.29, 0.717) is 43.7 Å². The second-order valence-corrected chi connectivity index (χ2v) is 10.7. The summed E-state index contributed by atoms with van der Waals surface area (Å²) in [5.74, 6) is 0.396. The highest BCUT2D eigenvalue weighted by Gasteiger charge is 2.34. The molecule has 0 saturated carbocycles. The van der Waals surface area contributed by atoms with Crippen molar-refractivity contribution in [3.63, 3.8) is 0 Å². The van der Waals surface area contributed by atoms with Crippen LogP contribution in [0.3, 0.4) is 0 Å². The molecule has 1 saturated heterocycles. The summed E-state index contributed by atoms with van der Waals surface area (Å²) in [7, 11) is 0. The number of phenols is 1. The van der Waals surface area contributed by atoms with Crippen LogP contribution in [0, 0.1) is 0 Å². The third-order valence-electron chi connectivity index (χ3n) is 7.38. The summed E-state index contributed by atoms with van der Waals surface area (Å²) in [6.07, 6.45) is 2.09. The van der Waals surface area contributed by atoms with Crippen molar-refractivity contribution in [3.05, 3.63) is 107 Å². The lowest BCUT2D eigenvalue weighted by Crippen LogP contribution is -2.48. The predicted octanol–water partition coefficient (Wildman–Crippen LogP) is 4.79. The summed E-state index contributed by atoms with van der Waals surface area (Å²) >= 11 is 5.92. The predicted molar refractivity (Wildman–Crippen MR) is 159 cm³/mol. The molecule has 0 radical (unpaired) electrons. The average molecular weight is 574 g/mol. The van der Waals surface area contributed by atoms with Crippen molar-refractivity contribution < 1.29 is 24.9 Å². The van der Waals surface area contributed by atoms with Gasteiger partial charge in [0.15, 0.2) is 12.8 Å². The fraction of sp³-hybridized carbons (Fsp3) is 0.250. The minimum Gasteiger partial charge on any atom is -0.506 e. The number of carbonyl (C=O) groups excluding carboxylic acids is 1. The van der Waals surface area contributed by atoms with Crippen molar-refractivity contribution in [2.75, 3.05) is 19.7 Å². The zero-order valence-electron chi connectivity index (χ0n) is 22.4. The fourth-order valence-electron chi connectivity index (χ4n) is 5.03. The molecule has 1 amide bonds. The molecular weight excluding hydrogens is 542 g/mol. The van der Waals surface area contributed by atoms with E-state index in [-0.39, 0.29) is 23.3 Å². The van der Waals surface area contributed by atoms with Crippen molar-refractivity contribution in [1.29, 1.82) is 0 Å². The third-order valence-corrected chi connectivity index (χ3v) is 7.68. The Hall–Kier alpha value is -4.11. The van der Waals surface area contributed by atoms with Gasteiger partial charge in [-0.25, -0.2) is 0 Å². The molecule has 1 fully saturated rings. The number of hydrogen-bond acceptors (Lipinski definition) is 7. The molecule has 212 valence electrons. The molecule has 1 aliphatic heterocycles. The second-order valence-electron chi connectivity index (χ2n) is 10.3. The molecule has 0 bridgehead atoms. The normalized spacial score (nSPS) is 15.6. The quantitative estimate of drug-likeness (QED) is 0.130. The molecular formula is C32H32ClN3O5. The SMILES string of the molecule is O=C(COc1ccc(/C=N/NC(O)c2ccc(O)c(Cl)c2)c2ccccc12)N1CCC(O)(Cc2ccccc2)CC1. The summed E-state index contributed by atoms with van der Waals surface area (Å²) in [5.41, 5.74) is 4.18. The number of aliphatic hydroxyl groups excluding tert-OH is 1. The van der Waals surface area contributed by atoms with E-state index in [4.69, 9.17) is 16.3 Å². The van der Waals surface area contributed by atoms with Gasteiger partial charge >= 0.3 is 0 Å². The molecule has 1 unspecified atom stereocenters. The van der Waals surface area contributed by atoms with E-state index in [2.05, 4.69) is 10.5 Å². The first-order chi connectivity index (χ1) is 19.8. The van der Waals surface area contributed by atoms with Crippen LogP contribution in [0.15, 0.2) is 90.0 Å². The average Bonchev–Trinajstić information content (AvgIpc) is 2.98. The van der Waals surface area contributed by atoms with Crippen LogP contribution >= 0.6 is 11.6 Å². The van der Waals surface area contributed by atoms with E-state index in [9.17, 15) is 20.1 Å². The van der Waals surface area contributed by atoms with Crippen LogP contribution in [-0.2, 0) is 11.2 Å². The van der Waals surface area contributed by atoms with E-state index >= 15 is 0 Å². The van der Waals surface area contributed by atoms with Gasteiger partial charge in [-0.1, -0.05) is 72.3 Å². The number of fused-ring (bicyclic) bond motifs is 1. The summed E-state index contributed by atoms with van der Waals surface area (Å²) in [6.45, 7) is 0.866. The largest absolute Gasteiger partial charge is 0.506 e. The van der Waals surface area contributed by atoms with Gasteiger partial charge < -0.3 is 25.0 Å². The molecule has 4 aromatic carbocycles. The number of halogens is 1. The van der Waals surface area contributed by atoms with Crippen LogP contribution < -0.4 is 10.2 Å². The number of phenolic OH excluding ortho intramolecular Hbond substituents is 1. The van der Waals surface area contributed by atoms with Crippen LogP contribution in [0.2, 0.25) is 5.02 Å². The van der Waals surface area contributed by atoms with E-state index < -0.39 is 11.8 Å². The minimum absolute atomic E-state index is 0.0662. The number of hydrogen-bond donors (Lipinski definition) is 4. The number of amides is 1. The topological polar surface area (TPSA) is 115 Å². The Bertz CT molecular complexity index is 1540. The highest BCUT2D eigenvalue weighted by Crippen LogP contribution is 2.30. The van der Waals surface area contributed by atoms with Crippen molar-refractivity contribution in [3.8, 4) is 11.5 Å². The van der Waals surface area contributed by atoms with Gasteiger partial charge in [0, 0.05) is 36.0 Å². The van der Waals surface area contributed by atoms with Crippen LogP contribution in [0.25, 0.3) is 10.8 Å². The third kappa shape index (κ3) is 6.97. The monoisotopic (exact) mass is 573 g/mol. The van der Waals surface area contributed by atoms with Crippen LogP contribution in [0.5, 0.6) is 11.5 Å². The number of piperidine rings is 1. The number of aliphatic hydroxyl groups is 2. The first-order valence-electron chi connectivity index (χ1n) is 13.4. The van der Waals surface area contributed by atoms with Gasteiger partial charge in [-0.2, -0.15) is 5.10 Å². The number of hydrazone groups is 1. The smallest absolute Gasteiger partial charge is 0.260 e. The van der Waals surface area contributed by atoms with Gasteiger partial charge in [-0.15, -0.1) is 0 Å². The van der Waals surface area contributed by atoms with Gasteiger partial charge in [-0.3, -0.25) is 10.2 Å². The summed E-state index contributed by atoms with van der Waals surface area (Å²) in [4.78, 5) is 14.7. The first-order valence-corrected chi connectivity index (χ1v) is 13.8. The highest BCUT2D eigenvalue weighted by molar-refractivity contribution is 6.32. The van der Waals surface area contributed by atoms with E-state index in [0.717, 1.165) is 21.9 Å². The Morgan fingerprint density at radius 3 is 2.46 bits per heavy atom. The van der Waals surface area contributed by atoms with Crippen LogP contribution in [0.1, 0.15) is 35.8 Å². The molecule has 1 heterocycles. The van der Waals surface area contributed by atoms with E-state index in [1.807, 2.05) is 60.7 Å². The molecule has 5 rings (SSSR count). The highest BCUT2D eigenvalue weighted by atomic mass is 35.5. The maximum absolute atomic E-state index is 12.9. The summed E-state index contributed by atoms with van der Waals surface area (Å²) < 4.78 is 5.97. The molecule has 1 atom stereocenters. The van der Waals surface area contributed by atoms with Crippen molar-refractivity contribution >= 4 is 34.5 Å². The van der Waals surface area contributed by atoms with Crippen molar-refractivity contribution in [2.24, 2.45) is 5.10 Å². The number of benzene rings is 4. The first kappa shape index (κ1) is 28.4. The molecule has 0 aliphatic carbocycles. The van der Waals surface area contributed by atoms with Crippen LogP contribution in [-0.4, -0.2) is 57.6 Å². The van der Waals surface area contributed by atoms with E-state index in [1.54, 1.807) is 23.2 Å². The maximum Gasteiger partial charge on any atom is 0.260 e. The Morgan fingerprint density at radius 1 is 1.02 bits per heavy atom. The molecule has 4 aromatic rings. The van der Waals surface area contributed by atoms with Gasteiger partial charge in [0.25, 0.3) is 5.91 Å². The Labute approximate surface area is 243 Å². The molecule has 4 N–H and O–H groups in total. The van der Waals surface area contributed by atoms with E-state index in [1.165, 1.54) is 12.1 Å². The number of carbonyl (C=O) groups is 1. The standard InChI is InChI=1S/C32H32ClN3O5/c33-27-18-23(10-12-28(27)37)31(39)35-34-20-24-11-13-29(26-9-5-4-8-25(24)26)41-21-30(38)36-16-14-32(40,15-17-36)19-22-6-2-1-3-7-22/h1-13,18,20,31,35,37,39-40H,14-17,19,21H2/b34-20+. The number of aromatic hydroxyl groups is 1. The van der Waals surface area contributed by atoms with Gasteiger partial charge in [0.05, 0.1) is 16.8 Å². The number of rotatable bonds is 9. The Morgan fingerprint density at radius 2 is 1.73 bits per heavy atom. The fourth-order valence-corrected chi connectivity index (χ4v) is 5.22. The number of nitrogens with one attached hydrogen (secondary N) is 1. The summed E-state index contributed by atoms with van der Waals surface area (Å²) in [6, 6.07) is 25.6. The van der Waals surface area contributed by atoms with Gasteiger partial charge in [0.1, 0.15) is 11.5 Å². The van der Waals surface area contributed by atoms with Crippen molar-refractivity contribution in [1.82, 2.24) is 10.3 Å². The Kier molecular flexibility index (Phi) is 8.73. The number of likely N-dealkylation sites (tertiary alicyclic amines) is 1. The zero-order chi connectivity index (χ0) is 28.8. The lowest BCUT2D eigenvalue weighted by Gasteiger charge is -2.38. The zero-order valence-corrected chi connectivity index (χ0v) is 23.2. The van der Waals surface area contributed by atoms with Gasteiger partial charge in [0.2, 0.25) is 0 Å². The van der Waals surface area contributed by atoms with Gasteiger partial charge in [-0.05, 0) is 48.1 Å². The summed E-state index contributed by atoms with van der Waals surface area (Å²) in [5, 5.41) is 37.0. The molecule has 1 aliphatic rings. The maximum atomic E-state index is 12.9. The Balaban J connectivity index is 1.19.